The van der Waals surface area contributed by atoms with Crippen LogP contribution in [0, 0.1) is 0 Å². The lowest BCUT2D eigenvalue weighted by molar-refractivity contribution is -0.119. The summed E-state index contributed by atoms with van der Waals surface area (Å²) in [7, 11) is 1.65. The number of carbonyl (C=O) groups excluding carboxylic acids is 1. The fraction of sp³-hybridized carbons (Fsp3) is 0.550. The zero-order valence-electron chi connectivity index (χ0n) is 16.9. The summed E-state index contributed by atoms with van der Waals surface area (Å²) in [6.07, 6.45) is 2.24. The number of methoxy groups -OCH3 is 1. The fourth-order valence-corrected chi connectivity index (χ4v) is 3.84. The Morgan fingerprint density at radius 2 is 2.07 bits per heavy atom. The van der Waals surface area contributed by atoms with Crippen LogP contribution in [-0.4, -0.2) is 51.8 Å². The highest BCUT2D eigenvalue weighted by Crippen LogP contribution is 2.27. The zero-order chi connectivity index (χ0) is 20.1. The van der Waals surface area contributed by atoms with Crippen molar-refractivity contribution in [1.29, 1.82) is 0 Å². The van der Waals surface area contributed by atoms with E-state index in [1.807, 2.05) is 45.0 Å². The van der Waals surface area contributed by atoms with Crippen molar-refractivity contribution in [2.75, 3.05) is 19.5 Å². The molecule has 1 aromatic heterocycles. The van der Waals surface area contributed by atoms with Crippen LogP contribution in [-0.2, 0) is 16.1 Å². The molecule has 0 saturated carbocycles. The number of benzene rings is 1. The van der Waals surface area contributed by atoms with E-state index in [2.05, 4.69) is 20.1 Å². The normalized spacial score (nSPS) is 16.9. The van der Waals surface area contributed by atoms with Gasteiger partial charge in [0.2, 0.25) is 5.91 Å². The summed E-state index contributed by atoms with van der Waals surface area (Å²) in [4.78, 5) is 12.2. The first kappa shape index (κ1) is 20.7. The molecule has 1 amide bonds. The first-order valence-electron chi connectivity index (χ1n) is 9.49. The summed E-state index contributed by atoms with van der Waals surface area (Å²) < 4.78 is 13.1. The van der Waals surface area contributed by atoms with E-state index in [0.717, 1.165) is 41.7 Å². The maximum absolute atomic E-state index is 12.2. The van der Waals surface area contributed by atoms with Crippen LogP contribution >= 0.6 is 11.8 Å². The molecule has 28 heavy (non-hydrogen) atoms. The quantitative estimate of drug-likeness (QED) is 0.715. The molecule has 7 nitrogen and oxygen atoms in total. The van der Waals surface area contributed by atoms with Gasteiger partial charge in [-0.25, -0.2) is 0 Å². The molecule has 1 fully saturated rings. The van der Waals surface area contributed by atoms with Crippen molar-refractivity contribution in [2.24, 2.45) is 0 Å². The second-order valence-corrected chi connectivity index (χ2v) is 8.81. The Bertz CT molecular complexity index is 793. The Morgan fingerprint density at radius 3 is 2.68 bits per heavy atom. The predicted octanol–water partition coefficient (Wildman–Crippen LogP) is 3.14. The van der Waals surface area contributed by atoms with Gasteiger partial charge in [-0.2, -0.15) is 0 Å². The van der Waals surface area contributed by atoms with E-state index in [4.69, 9.17) is 9.47 Å². The lowest BCUT2D eigenvalue weighted by Gasteiger charge is -2.20. The van der Waals surface area contributed by atoms with Gasteiger partial charge >= 0.3 is 0 Å². The Labute approximate surface area is 170 Å². The van der Waals surface area contributed by atoms with Crippen molar-refractivity contribution in [1.82, 2.24) is 20.1 Å². The smallest absolute Gasteiger partial charge is 0.230 e. The molecule has 1 aromatic carbocycles. The maximum atomic E-state index is 12.2. The van der Waals surface area contributed by atoms with Gasteiger partial charge in [0.15, 0.2) is 11.0 Å². The van der Waals surface area contributed by atoms with E-state index in [9.17, 15) is 4.79 Å². The second kappa shape index (κ2) is 8.96. The number of rotatable bonds is 7. The van der Waals surface area contributed by atoms with Crippen molar-refractivity contribution in [3.8, 4) is 17.1 Å². The molecule has 1 aliphatic heterocycles. The molecule has 152 valence electrons. The highest BCUT2D eigenvalue weighted by atomic mass is 32.2. The number of nitrogens with one attached hydrogen (secondary N) is 1. The van der Waals surface area contributed by atoms with Crippen LogP contribution in [0.2, 0.25) is 0 Å². The van der Waals surface area contributed by atoms with Gasteiger partial charge in [-0.05, 0) is 57.9 Å². The Kier molecular flexibility index (Phi) is 6.61. The van der Waals surface area contributed by atoms with Gasteiger partial charge in [0.25, 0.3) is 0 Å². The molecular weight excluding hydrogens is 376 g/mol. The van der Waals surface area contributed by atoms with Crippen LogP contribution in [0.5, 0.6) is 5.75 Å². The summed E-state index contributed by atoms with van der Waals surface area (Å²) in [5, 5.41) is 12.5. The minimum atomic E-state index is -0.253. The number of ether oxygens (including phenoxy) is 2. The van der Waals surface area contributed by atoms with Crippen LogP contribution in [0.15, 0.2) is 29.4 Å². The number of hydrogen-bond donors (Lipinski definition) is 1. The Balaban J connectivity index is 1.80. The zero-order valence-corrected chi connectivity index (χ0v) is 17.7. The number of thioether (sulfide) groups is 1. The van der Waals surface area contributed by atoms with Gasteiger partial charge in [-0.3, -0.25) is 9.36 Å². The molecule has 1 atom stereocenters. The number of nitrogens with zero attached hydrogens (tertiary/aromatic N) is 3. The average molecular weight is 405 g/mol. The van der Waals surface area contributed by atoms with Crippen LogP contribution in [0.1, 0.15) is 33.6 Å². The molecule has 2 heterocycles. The molecule has 1 saturated heterocycles. The summed E-state index contributed by atoms with van der Waals surface area (Å²) in [6.45, 7) is 7.38. The maximum Gasteiger partial charge on any atom is 0.230 e. The molecule has 0 radical (unpaired) electrons. The van der Waals surface area contributed by atoms with Gasteiger partial charge in [0.05, 0.1) is 25.5 Å². The molecule has 0 spiro atoms. The van der Waals surface area contributed by atoms with E-state index in [1.165, 1.54) is 11.8 Å². The monoisotopic (exact) mass is 404 g/mol. The highest BCUT2D eigenvalue weighted by Gasteiger charge is 2.23. The van der Waals surface area contributed by atoms with Crippen molar-refractivity contribution < 1.29 is 14.3 Å². The largest absolute Gasteiger partial charge is 0.497 e. The number of hydrogen-bond acceptors (Lipinski definition) is 6. The first-order valence-corrected chi connectivity index (χ1v) is 10.5. The second-order valence-electron chi connectivity index (χ2n) is 7.87. The highest BCUT2D eigenvalue weighted by molar-refractivity contribution is 7.99. The van der Waals surface area contributed by atoms with E-state index in [0.29, 0.717) is 12.3 Å². The third-order valence-electron chi connectivity index (χ3n) is 4.32. The van der Waals surface area contributed by atoms with Crippen molar-refractivity contribution in [3.63, 3.8) is 0 Å². The molecule has 2 aromatic rings. The molecule has 1 aliphatic rings. The molecule has 0 aliphatic carbocycles. The molecule has 3 rings (SSSR count). The van der Waals surface area contributed by atoms with Gasteiger partial charge in [0.1, 0.15) is 5.75 Å². The van der Waals surface area contributed by atoms with E-state index >= 15 is 0 Å². The topological polar surface area (TPSA) is 78.3 Å². The van der Waals surface area contributed by atoms with Gasteiger partial charge in [-0.1, -0.05) is 11.8 Å². The summed E-state index contributed by atoms with van der Waals surface area (Å²) in [6, 6.07) is 7.75. The van der Waals surface area contributed by atoms with E-state index in [1.54, 1.807) is 7.11 Å². The van der Waals surface area contributed by atoms with Crippen molar-refractivity contribution in [2.45, 2.75) is 57.0 Å². The van der Waals surface area contributed by atoms with Crippen LogP contribution in [0.3, 0.4) is 0 Å². The van der Waals surface area contributed by atoms with Gasteiger partial charge in [0, 0.05) is 17.7 Å². The van der Waals surface area contributed by atoms with Gasteiger partial charge < -0.3 is 14.8 Å². The van der Waals surface area contributed by atoms with E-state index in [-0.39, 0.29) is 17.6 Å². The fourth-order valence-electron chi connectivity index (χ4n) is 3.09. The third-order valence-corrected chi connectivity index (χ3v) is 5.29. The molecular formula is C20H28N4O3S. The first-order chi connectivity index (χ1) is 13.4. The number of aromatic nitrogens is 3. The lowest BCUT2D eigenvalue weighted by atomic mass is 10.1. The molecule has 8 heteroatoms. The van der Waals surface area contributed by atoms with Crippen LogP contribution in [0.4, 0.5) is 0 Å². The van der Waals surface area contributed by atoms with Gasteiger partial charge in [-0.15, -0.1) is 10.2 Å². The average Bonchev–Trinajstić information content (AvgIpc) is 3.29. The van der Waals surface area contributed by atoms with Crippen LogP contribution in [0.25, 0.3) is 11.4 Å². The minimum absolute atomic E-state index is 0.0184. The summed E-state index contributed by atoms with van der Waals surface area (Å²) in [5.74, 6) is 1.85. The third kappa shape index (κ3) is 5.48. The molecule has 0 bridgehead atoms. The summed E-state index contributed by atoms with van der Waals surface area (Å²) >= 11 is 1.40. The standard InChI is InChI=1S/C20H28N4O3S/c1-20(2,3)21-17(25)13-28-19-23-22-18(14-7-9-15(26-4)10-8-14)24(19)12-16-6-5-11-27-16/h7-10,16H,5-6,11-13H2,1-4H3,(H,21,25)/t16-/m1/s1. The summed E-state index contributed by atoms with van der Waals surface area (Å²) in [5.41, 5.74) is 0.703. The van der Waals surface area contributed by atoms with E-state index < -0.39 is 0 Å². The molecule has 0 unspecified atom stereocenters. The van der Waals surface area contributed by atoms with Crippen LogP contribution < -0.4 is 10.1 Å². The Morgan fingerprint density at radius 1 is 1.32 bits per heavy atom. The minimum Gasteiger partial charge on any atom is -0.497 e. The predicted molar refractivity (Wildman–Crippen MR) is 110 cm³/mol. The Hall–Kier alpha value is -2.06. The lowest BCUT2D eigenvalue weighted by Crippen LogP contribution is -2.41. The van der Waals surface area contributed by atoms with Crippen molar-refractivity contribution in [3.05, 3.63) is 24.3 Å². The SMILES string of the molecule is COc1ccc(-c2nnc(SCC(=O)NC(C)(C)C)n2C[C@H]2CCCO2)cc1. The number of carbonyl (C=O) groups is 1. The number of amides is 1. The van der Waals surface area contributed by atoms with Crippen molar-refractivity contribution >= 4 is 17.7 Å². The molecule has 1 N–H and O–H groups in total.